The fourth-order valence-electron chi connectivity index (χ4n) is 1.78. The highest BCUT2D eigenvalue weighted by Gasteiger charge is 2.15. The number of likely N-dealkylation sites (N-methyl/N-ethyl adjacent to an activating group) is 1. The number of rotatable bonds is 4. The van der Waals surface area contributed by atoms with Crippen molar-refractivity contribution in [3.05, 3.63) is 44.3 Å². The Labute approximate surface area is 126 Å². The summed E-state index contributed by atoms with van der Waals surface area (Å²) in [6, 6.07) is 5.02. The van der Waals surface area contributed by atoms with Gasteiger partial charge < -0.3 is 4.90 Å². The second-order valence-electron chi connectivity index (χ2n) is 4.85. The van der Waals surface area contributed by atoms with Crippen molar-refractivity contribution in [2.24, 2.45) is 0 Å². The molecule has 7 heteroatoms. The molecule has 0 fully saturated rings. The number of hydrogen-bond acceptors (Lipinski definition) is 5. The number of thiazole rings is 1. The van der Waals surface area contributed by atoms with E-state index in [-0.39, 0.29) is 18.0 Å². The minimum atomic E-state index is -0.401. The van der Waals surface area contributed by atoms with Gasteiger partial charge in [-0.25, -0.2) is 4.98 Å². The number of aryl methyl sites for hydroxylation is 1. The van der Waals surface area contributed by atoms with Gasteiger partial charge in [-0.1, -0.05) is 12.1 Å². The number of nitrogens with zero attached hydrogens (tertiary/aromatic N) is 3. The minimum absolute atomic E-state index is 0.0224. The van der Waals surface area contributed by atoms with Gasteiger partial charge >= 0.3 is 0 Å². The van der Waals surface area contributed by atoms with E-state index in [4.69, 9.17) is 0 Å². The van der Waals surface area contributed by atoms with Crippen LogP contribution in [0, 0.1) is 17.0 Å². The number of hydrogen-bond donors (Lipinski definition) is 0. The van der Waals surface area contributed by atoms with Gasteiger partial charge in [-0.15, -0.1) is 11.3 Å². The molecule has 0 aliphatic rings. The van der Waals surface area contributed by atoms with Crippen LogP contribution in [0.2, 0.25) is 0 Å². The first-order valence-corrected chi connectivity index (χ1v) is 7.16. The van der Waals surface area contributed by atoms with Crippen molar-refractivity contribution < 1.29 is 9.72 Å². The van der Waals surface area contributed by atoms with Gasteiger partial charge in [-0.3, -0.25) is 14.9 Å². The number of amides is 1. The van der Waals surface area contributed by atoms with Gasteiger partial charge in [0.2, 0.25) is 5.91 Å². The summed E-state index contributed by atoms with van der Waals surface area (Å²) < 4.78 is 0. The zero-order chi connectivity index (χ0) is 15.6. The molecule has 2 aromatic rings. The summed E-state index contributed by atoms with van der Waals surface area (Å²) in [5, 5.41) is 13.5. The highest BCUT2D eigenvalue weighted by Crippen LogP contribution is 2.28. The fraction of sp³-hybridized carbons (Fsp3) is 0.286. The molecule has 0 saturated carbocycles. The molecule has 0 spiro atoms. The van der Waals surface area contributed by atoms with E-state index in [2.05, 4.69) is 4.98 Å². The summed E-state index contributed by atoms with van der Waals surface area (Å²) in [4.78, 5) is 28.1. The Morgan fingerprint density at radius 2 is 2.14 bits per heavy atom. The molecule has 0 aliphatic heterocycles. The summed E-state index contributed by atoms with van der Waals surface area (Å²) in [6.45, 7) is 1.70. The zero-order valence-electron chi connectivity index (χ0n) is 12.0. The summed E-state index contributed by atoms with van der Waals surface area (Å²) in [5.74, 6) is -0.0224. The predicted octanol–water partition coefficient (Wildman–Crippen LogP) is 2.66. The lowest BCUT2D eigenvalue weighted by atomic mass is 10.1. The summed E-state index contributed by atoms with van der Waals surface area (Å²) in [6.07, 6.45) is 0.242. The van der Waals surface area contributed by atoms with Gasteiger partial charge in [0.05, 0.1) is 17.0 Å². The lowest BCUT2D eigenvalue weighted by molar-refractivity contribution is -0.385. The average molecular weight is 305 g/mol. The van der Waals surface area contributed by atoms with E-state index >= 15 is 0 Å². The number of carbonyl (C=O) groups excluding carboxylic acids is 1. The third-order valence-electron chi connectivity index (χ3n) is 3.05. The minimum Gasteiger partial charge on any atom is -0.348 e. The molecule has 21 heavy (non-hydrogen) atoms. The molecule has 0 radical (unpaired) electrons. The Morgan fingerprint density at radius 3 is 2.76 bits per heavy atom. The summed E-state index contributed by atoms with van der Waals surface area (Å²) in [5.41, 5.74) is 2.03. The standard InChI is InChI=1S/C14H15N3O3S/c1-9-4-5-10(6-12(9)17(19)20)11-8-21-13(15-11)7-14(18)16(2)3/h4-6,8H,7H2,1-3H3. The fourth-order valence-corrected chi connectivity index (χ4v) is 2.57. The molecule has 2 rings (SSSR count). The van der Waals surface area contributed by atoms with Crippen molar-refractivity contribution >= 4 is 22.9 Å². The highest BCUT2D eigenvalue weighted by atomic mass is 32.1. The molecule has 6 nitrogen and oxygen atoms in total. The van der Waals surface area contributed by atoms with Crippen molar-refractivity contribution in [2.45, 2.75) is 13.3 Å². The third kappa shape index (κ3) is 3.43. The van der Waals surface area contributed by atoms with Gasteiger partial charge in [0.25, 0.3) is 5.69 Å². The van der Waals surface area contributed by atoms with Crippen molar-refractivity contribution in [1.29, 1.82) is 0 Å². The molecule has 0 bridgehead atoms. The van der Waals surface area contributed by atoms with E-state index in [1.165, 1.54) is 22.3 Å². The number of carbonyl (C=O) groups is 1. The maximum atomic E-state index is 11.6. The molecule has 0 unspecified atom stereocenters. The Hall–Kier alpha value is -2.28. The monoisotopic (exact) mass is 305 g/mol. The average Bonchev–Trinajstić information content (AvgIpc) is 2.87. The number of aromatic nitrogens is 1. The molecular formula is C14H15N3O3S. The Kier molecular flexibility index (Phi) is 4.32. The first-order valence-electron chi connectivity index (χ1n) is 6.28. The molecule has 110 valence electrons. The van der Waals surface area contributed by atoms with E-state index in [0.717, 1.165) is 0 Å². The maximum Gasteiger partial charge on any atom is 0.272 e. The second kappa shape index (κ2) is 6.01. The molecule has 1 amide bonds. The summed E-state index contributed by atoms with van der Waals surface area (Å²) in [7, 11) is 3.39. The van der Waals surface area contributed by atoms with Gasteiger partial charge in [0.1, 0.15) is 5.01 Å². The zero-order valence-corrected chi connectivity index (χ0v) is 12.8. The second-order valence-corrected chi connectivity index (χ2v) is 5.79. The molecule has 1 aromatic heterocycles. The lowest BCUT2D eigenvalue weighted by Gasteiger charge is -2.07. The van der Waals surface area contributed by atoms with Crippen molar-refractivity contribution in [1.82, 2.24) is 9.88 Å². The Bertz CT molecular complexity index is 695. The topological polar surface area (TPSA) is 76.3 Å². The largest absolute Gasteiger partial charge is 0.348 e. The van der Waals surface area contributed by atoms with Crippen LogP contribution in [0.15, 0.2) is 23.6 Å². The normalized spacial score (nSPS) is 10.4. The Morgan fingerprint density at radius 1 is 1.43 bits per heavy atom. The Balaban J connectivity index is 2.27. The molecule has 0 atom stereocenters. The van der Waals surface area contributed by atoms with Crippen LogP contribution in [0.1, 0.15) is 10.6 Å². The number of nitro benzene ring substituents is 1. The van der Waals surface area contributed by atoms with Crippen LogP contribution >= 0.6 is 11.3 Å². The van der Waals surface area contributed by atoms with Crippen LogP contribution in [0.4, 0.5) is 5.69 Å². The van der Waals surface area contributed by atoms with Crippen LogP contribution in [-0.4, -0.2) is 34.8 Å². The van der Waals surface area contributed by atoms with Gasteiger partial charge in [-0.05, 0) is 6.92 Å². The van der Waals surface area contributed by atoms with E-state index < -0.39 is 4.92 Å². The van der Waals surface area contributed by atoms with E-state index in [9.17, 15) is 14.9 Å². The molecule has 0 N–H and O–H groups in total. The highest BCUT2D eigenvalue weighted by molar-refractivity contribution is 7.10. The van der Waals surface area contributed by atoms with Crippen LogP contribution in [0.25, 0.3) is 11.3 Å². The van der Waals surface area contributed by atoms with Crippen LogP contribution in [0.3, 0.4) is 0 Å². The van der Waals surface area contributed by atoms with E-state index in [1.807, 2.05) is 5.38 Å². The van der Waals surface area contributed by atoms with E-state index in [1.54, 1.807) is 33.2 Å². The van der Waals surface area contributed by atoms with Crippen LogP contribution in [0.5, 0.6) is 0 Å². The van der Waals surface area contributed by atoms with Gasteiger partial charge in [0, 0.05) is 36.7 Å². The van der Waals surface area contributed by atoms with E-state index in [0.29, 0.717) is 21.8 Å². The van der Waals surface area contributed by atoms with Crippen molar-refractivity contribution in [3.63, 3.8) is 0 Å². The van der Waals surface area contributed by atoms with Crippen molar-refractivity contribution in [3.8, 4) is 11.3 Å². The first-order chi connectivity index (χ1) is 9.88. The molecular weight excluding hydrogens is 290 g/mol. The molecule has 0 aliphatic carbocycles. The van der Waals surface area contributed by atoms with Gasteiger partial charge in [-0.2, -0.15) is 0 Å². The molecule has 0 saturated heterocycles. The van der Waals surface area contributed by atoms with Gasteiger partial charge in [0.15, 0.2) is 0 Å². The van der Waals surface area contributed by atoms with Crippen LogP contribution in [-0.2, 0) is 11.2 Å². The molecule has 1 heterocycles. The first kappa shape index (κ1) is 15.1. The lowest BCUT2D eigenvalue weighted by Crippen LogP contribution is -2.23. The van der Waals surface area contributed by atoms with Crippen molar-refractivity contribution in [2.75, 3.05) is 14.1 Å². The third-order valence-corrected chi connectivity index (χ3v) is 3.90. The number of benzene rings is 1. The smallest absolute Gasteiger partial charge is 0.272 e. The summed E-state index contributed by atoms with van der Waals surface area (Å²) >= 11 is 1.38. The molecule has 1 aromatic carbocycles. The quantitative estimate of drug-likeness (QED) is 0.643. The van der Waals surface area contributed by atoms with Crippen LogP contribution < -0.4 is 0 Å². The SMILES string of the molecule is Cc1ccc(-c2csc(CC(=O)N(C)C)n2)cc1[N+](=O)[O-]. The number of nitro groups is 1. The predicted molar refractivity (Wildman–Crippen MR) is 81.3 cm³/mol. The maximum absolute atomic E-state index is 11.6.